The number of unbranched alkanes of at least 4 members (excludes halogenated alkanes) is 3. The zero-order valence-corrected chi connectivity index (χ0v) is 18.3. The van der Waals surface area contributed by atoms with Gasteiger partial charge in [0.1, 0.15) is 11.6 Å². The molecular weight excluding hydrogens is 384 g/mol. The molecule has 0 bridgehead atoms. The summed E-state index contributed by atoms with van der Waals surface area (Å²) in [5.74, 6) is 1.89. The van der Waals surface area contributed by atoms with Gasteiger partial charge in [0.15, 0.2) is 0 Å². The maximum Gasteiger partial charge on any atom is 0.224 e. The van der Waals surface area contributed by atoms with Crippen molar-refractivity contribution in [1.29, 1.82) is 0 Å². The largest absolute Gasteiger partial charge is 0.497 e. The third-order valence-electron chi connectivity index (χ3n) is 5.35. The number of hydrogen-bond donors (Lipinski definition) is 1. The SMILES string of the molecule is CCCCCCNC(=O)[C@H]1CCCN(c2nc(Cc3cccc(OC)c3)ns2)C1. The minimum absolute atomic E-state index is 0.0423. The second-order valence-electron chi connectivity index (χ2n) is 7.66. The lowest BCUT2D eigenvalue weighted by Crippen LogP contribution is -2.43. The fourth-order valence-electron chi connectivity index (χ4n) is 3.68. The zero-order chi connectivity index (χ0) is 20.5. The van der Waals surface area contributed by atoms with Crippen LogP contribution < -0.4 is 15.0 Å². The smallest absolute Gasteiger partial charge is 0.224 e. The Bertz CT molecular complexity index is 780. The topological polar surface area (TPSA) is 67.4 Å². The van der Waals surface area contributed by atoms with Gasteiger partial charge in [0.25, 0.3) is 0 Å². The van der Waals surface area contributed by atoms with E-state index in [4.69, 9.17) is 9.72 Å². The summed E-state index contributed by atoms with van der Waals surface area (Å²) in [4.78, 5) is 19.5. The van der Waals surface area contributed by atoms with E-state index in [1.54, 1.807) is 7.11 Å². The summed E-state index contributed by atoms with van der Waals surface area (Å²) in [6.45, 7) is 4.66. The van der Waals surface area contributed by atoms with E-state index in [1.165, 1.54) is 30.8 Å². The van der Waals surface area contributed by atoms with E-state index in [9.17, 15) is 4.79 Å². The average molecular weight is 417 g/mol. The van der Waals surface area contributed by atoms with E-state index in [-0.39, 0.29) is 11.8 Å². The average Bonchev–Trinajstić information content (AvgIpc) is 3.22. The number of carbonyl (C=O) groups is 1. The van der Waals surface area contributed by atoms with Gasteiger partial charge in [0.05, 0.1) is 13.0 Å². The number of piperidine rings is 1. The van der Waals surface area contributed by atoms with E-state index in [0.29, 0.717) is 6.42 Å². The fourth-order valence-corrected chi connectivity index (χ4v) is 4.40. The number of hydrogen-bond acceptors (Lipinski definition) is 6. The Morgan fingerprint density at radius 2 is 2.24 bits per heavy atom. The standard InChI is InChI=1S/C22H32N4O2S/c1-3-4-5-6-12-23-21(27)18-10-8-13-26(16-18)22-24-20(25-29-22)15-17-9-7-11-19(14-17)28-2/h7,9,11,14,18H,3-6,8,10,12-13,15-16H2,1-2H3,(H,23,27)/t18-/m0/s1. The van der Waals surface area contributed by atoms with Crippen LogP contribution in [-0.2, 0) is 11.2 Å². The van der Waals surface area contributed by atoms with Crippen LogP contribution in [0.2, 0.25) is 0 Å². The Hall–Kier alpha value is -2.15. The number of amides is 1. The molecule has 6 nitrogen and oxygen atoms in total. The number of methoxy groups -OCH3 is 1. The number of benzene rings is 1. The van der Waals surface area contributed by atoms with Gasteiger partial charge in [0.2, 0.25) is 11.0 Å². The van der Waals surface area contributed by atoms with Gasteiger partial charge in [-0.05, 0) is 37.0 Å². The molecule has 1 atom stereocenters. The Morgan fingerprint density at radius 1 is 1.34 bits per heavy atom. The molecule has 1 amide bonds. The molecule has 1 aromatic heterocycles. The molecule has 0 saturated carbocycles. The number of nitrogens with zero attached hydrogens (tertiary/aromatic N) is 3. The normalized spacial score (nSPS) is 16.6. The van der Waals surface area contributed by atoms with Crippen molar-refractivity contribution in [2.75, 3.05) is 31.6 Å². The minimum Gasteiger partial charge on any atom is -0.497 e. The van der Waals surface area contributed by atoms with Crippen molar-refractivity contribution in [2.24, 2.45) is 5.92 Å². The molecule has 0 radical (unpaired) electrons. The van der Waals surface area contributed by atoms with Crippen LogP contribution in [0.3, 0.4) is 0 Å². The van der Waals surface area contributed by atoms with E-state index in [1.807, 2.05) is 18.2 Å². The number of nitrogens with one attached hydrogen (secondary N) is 1. The first-order valence-electron chi connectivity index (χ1n) is 10.7. The van der Waals surface area contributed by atoms with Gasteiger partial charge in [-0.1, -0.05) is 38.3 Å². The highest BCUT2D eigenvalue weighted by Crippen LogP contribution is 2.26. The molecular formula is C22H32N4O2S. The van der Waals surface area contributed by atoms with Gasteiger partial charge < -0.3 is 15.0 Å². The molecule has 1 aliphatic heterocycles. The first-order chi connectivity index (χ1) is 14.2. The number of anilines is 1. The Morgan fingerprint density at radius 3 is 3.07 bits per heavy atom. The zero-order valence-electron chi connectivity index (χ0n) is 17.5. The summed E-state index contributed by atoms with van der Waals surface area (Å²) in [7, 11) is 1.67. The van der Waals surface area contributed by atoms with E-state index in [0.717, 1.165) is 61.2 Å². The molecule has 1 N–H and O–H groups in total. The first kappa shape index (κ1) is 21.6. The summed E-state index contributed by atoms with van der Waals surface area (Å²) >= 11 is 1.43. The number of rotatable bonds is 10. The number of carbonyl (C=O) groups excluding carboxylic acids is 1. The lowest BCUT2D eigenvalue weighted by Gasteiger charge is -2.31. The van der Waals surface area contributed by atoms with Crippen LogP contribution in [0, 0.1) is 5.92 Å². The van der Waals surface area contributed by atoms with Crippen molar-refractivity contribution in [2.45, 2.75) is 51.9 Å². The predicted octanol–water partition coefficient (Wildman–Crippen LogP) is 4.05. The van der Waals surface area contributed by atoms with Crippen molar-refractivity contribution >= 4 is 22.6 Å². The lowest BCUT2D eigenvalue weighted by molar-refractivity contribution is -0.125. The summed E-state index contributed by atoms with van der Waals surface area (Å²) in [5.41, 5.74) is 1.13. The van der Waals surface area contributed by atoms with E-state index in [2.05, 4.69) is 27.6 Å². The highest BCUT2D eigenvalue weighted by Gasteiger charge is 2.27. The molecule has 0 aliphatic carbocycles. The van der Waals surface area contributed by atoms with Crippen LogP contribution in [0.25, 0.3) is 0 Å². The quantitative estimate of drug-likeness (QED) is 0.592. The summed E-state index contributed by atoms with van der Waals surface area (Å²) in [6.07, 6.45) is 7.36. The molecule has 1 aliphatic rings. The second-order valence-corrected chi connectivity index (χ2v) is 8.39. The minimum atomic E-state index is 0.0423. The third-order valence-corrected chi connectivity index (χ3v) is 6.16. The molecule has 7 heteroatoms. The maximum absolute atomic E-state index is 12.5. The Kier molecular flexibility index (Phi) is 8.28. The molecule has 2 aromatic rings. The van der Waals surface area contributed by atoms with Gasteiger partial charge >= 0.3 is 0 Å². The third kappa shape index (κ3) is 6.42. The number of aromatic nitrogens is 2. The van der Waals surface area contributed by atoms with Crippen LogP contribution in [0.1, 0.15) is 56.8 Å². The summed E-state index contributed by atoms with van der Waals surface area (Å²) in [6, 6.07) is 8.00. The summed E-state index contributed by atoms with van der Waals surface area (Å²) in [5, 5.41) is 4.04. The van der Waals surface area contributed by atoms with Crippen molar-refractivity contribution in [1.82, 2.24) is 14.7 Å². The van der Waals surface area contributed by atoms with E-state index >= 15 is 0 Å². The first-order valence-corrected chi connectivity index (χ1v) is 11.4. The summed E-state index contributed by atoms with van der Waals surface area (Å²) < 4.78 is 9.83. The van der Waals surface area contributed by atoms with Crippen LogP contribution in [-0.4, -0.2) is 42.0 Å². The van der Waals surface area contributed by atoms with Crippen LogP contribution in [0.5, 0.6) is 5.75 Å². The molecule has 1 saturated heterocycles. The molecule has 0 spiro atoms. The Balaban J connectivity index is 1.52. The number of ether oxygens (including phenoxy) is 1. The maximum atomic E-state index is 12.5. The molecule has 1 aromatic carbocycles. The van der Waals surface area contributed by atoms with Crippen LogP contribution >= 0.6 is 11.5 Å². The molecule has 3 rings (SSSR count). The molecule has 1 fully saturated rings. The molecule has 2 heterocycles. The van der Waals surface area contributed by atoms with E-state index < -0.39 is 0 Å². The van der Waals surface area contributed by atoms with Gasteiger partial charge in [-0.2, -0.15) is 4.37 Å². The van der Waals surface area contributed by atoms with Gasteiger partial charge in [-0.25, -0.2) is 4.98 Å². The Labute approximate surface area is 177 Å². The van der Waals surface area contributed by atoms with Crippen molar-refractivity contribution in [3.63, 3.8) is 0 Å². The highest BCUT2D eigenvalue weighted by molar-refractivity contribution is 7.09. The van der Waals surface area contributed by atoms with Crippen molar-refractivity contribution in [3.8, 4) is 5.75 Å². The lowest BCUT2D eigenvalue weighted by atomic mass is 9.97. The van der Waals surface area contributed by atoms with Gasteiger partial charge in [-0.15, -0.1) is 0 Å². The fraction of sp³-hybridized carbons (Fsp3) is 0.591. The van der Waals surface area contributed by atoms with Crippen LogP contribution in [0.15, 0.2) is 24.3 Å². The van der Waals surface area contributed by atoms with Crippen molar-refractivity contribution < 1.29 is 9.53 Å². The van der Waals surface area contributed by atoms with Gasteiger partial charge in [-0.3, -0.25) is 4.79 Å². The van der Waals surface area contributed by atoms with Gasteiger partial charge in [0, 0.05) is 37.6 Å². The molecule has 158 valence electrons. The molecule has 0 unspecified atom stereocenters. The second kappa shape index (κ2) is 11.1. The van der Waals surface area contributed by atoms with Crippen molar-refractivity contribution in [3.05, 3.63) is 35.7 Å². The monoisotopic (exact) mass is 416 g/mol. The van der Waals surface area contributed by atoms with Crippen LogP contribution in [0.4, 0.5) is 5.13 Å². The highest BCUT2D eigenvalue weighted by atomic mass is 32.1. The predicted molar refractivity (Wildman–Crippen MR) is 118 cm³/mol. The molecule has 29 heavy (non-hydrogen) atoms.